The van der Waals surface area contributed by atoms with Gasteiger partial charge in [0, 0.05) is 5.92 Å². The predicted octanol–water partition coefficient (Wildman–Crippen LogP) is 2.66. The smallest absolute Gasteiger partial charge is 0.220 e. The van der Waals surface area contributed by atoms with Crippen LogP contribution >= 0.6 is 0 Å². The Morgan fingerprint density at radius 3 is 2.50 bits per heavy atom. The van der Waals surface area contributed by atoms with Gasteiger partial charge in [-0.1, -0.05) is 45.1 Å². The van der Waals surface area contributed by atoms with Crippen molar-refractivity contribution in [1.29, 1.82) is 0 Å². The second kappa shape index (κ2) is 7.36. The van der Waals surface area contributed by atoms with Gasteiger partial charge in [-0.2, -0.15) is 0 Å². The van der Waals surface area contributed by atoms with Gasteiger partial charge >= 0.3 is 0 Å². The lowest BCUT2D eigenvalue weighted by molar-refractivity contribution is -0.121. The molecule has 0 saturated carbocycles. The lowest BCUT2D eigenvalue weighted by Crippen LogP contribution is -2.21. The molecule has 80 valence electrons. The molecular formula is C12H21NO. The first-order valence-electron chi connectivity index (χ1n) is 5.20. The van der Waals surface area contributed by atoms with Crippen molar-refractivity contribution in [1.82, 2.24) is 0 Å². The topological polar surface area (TPSA) is 43.1 Å². The number of hydrogen-bond acceptors (Lipinski definition) is 1. The van der Waals surface area contributed by atoms with E-state index >= 15 is 0 Å². The monoisotopic (exact) mass is 195 g/mol. The number of allylic oxidation sites excluding steroid dienone is 4. The molecule has 0 bridgehead atoms. The van der Waals surface area contributed by atoms with Crippen LogP contribution in [0.25, 0.3) is 0 Å². The summed E-state index contributed by atoms with van der Waals surface area (Å²) in [4.78, 5) is 10.8. The van der Waals surface area contributed by atoms with E-state index < -0.39 is 0 Å². The van der Waals surface area contributed by atoms with Gasteiger partial charge in [-0.15, -0.1) is 0 Å². The molecule has 0 aliphatic heterocycles. The minimum Gasteiger partial charge on any atom is -0.369 e. The van der Waals surface area contributed by atoms with E-state index in [1.54, 1.807) is 0 Å². The molecule has 0 fully saturated rings. The molecule has 0 aromatic carbocycles. The molecule has 2 N–H and O–H groups in total. The summed E-state index contributed by atoms with van der Waals surface area (Å²) in [6, 6.07) is 0. The number of nitrogens with two attached hydrogens (primary N) is 1. The number of hydrogen-bond donors (Lipinski definition) is 1. The van der Waals surface area contributed by atoms with Crippen LogP contribution in [0.4, 0.5) is 0 Å². The average molecular weight is 195 g/mol. The van der Waals surface area contributed by atoms with Crippen LogP contribution in [0.5, 0.6) is 0 Å². The van der Waals surface area contributed by atoms with Gasteiger partial charge in [0.05, 0.1) is 0 Å². The molecular weight excluding hydrogens is 174 g/mol. The maximum absolute atomic E-state index is 10.8. The fraction of sp³-hybridized carbons (Fsp3) is 0.583. The van der Waals surface area contributed by atoms with Gasteiger partial charge in [-0.05, 0) is 18.8 Å². The van der Waals surface area contributed by atoms with E-state index in [0.717, 1.165) is 12.8 Å². The Hall–Kier alpha value is -1.05. The molecule has 0 heterocycles. The van der Waals surface area contributed by atoms with E-state index in [-0.39, 0.29) is 11.8 Å². The Kier molecular flexibility index (Phi) is 6.81. The zero-order chi connectivity index (χ0) is 11.0. The van der Waals surface area contributed by atoms with E-state index in [0.29, 0.717) is 5.92 Å². The third-order valence-electron chi connectivity index (χ3n) is 2.13. The molecule has 0 saturated heterocycles. The number of carbonyl (C=O) groups is 1. The molecule has 0 radical (unpaired) electrons. The van der Waals surface area contributed by atoms with Crippen molar-refractivity contribution >= 4 is 5.91 Å². The predicted molar refractivity (Wildman–Crippen MR) is 60.7 cm³/mol. The summed E-state index contributed by atoms with van der Waals surface area (Å²) in [5.41, 5.74) is 5.18. The second-order valence-corrected chi connectivity index (χ2v) is 3.74. The second-order valence-electron chi connectivity index (χ2n) is 3.74. The summed E-state index contributed by atoms with van der Waals surface area (Å²) in [6.07, 6.45) is 10.1. The number of amides is 1. The van der Waals surface area contributed by atoms with Gasteiger partial charge in [0.2, 0.25) is 5.91 Å². The normalized spacial score (nSPS) is 16.2. The highest BCUT2D eigenvalue weighted by Crippen LogP contribution is 2.12. The Labute approximate surface area is 86.9 Å². The summed E-state index contributed by atoms with van der Waals surface area (Å²) < 4.78 is 0. The molecule has 0 aliphatic carbocycles. The maximum atomic E-state index is 10.8. The van der Waals surface area contributed by atoms with Crippen LogP contribution in [-0.2, 0) is 4.79 Å². The molecule has 0 spiro atoms. The molecule has 2 nitrogen and oxygen atoms in total. The first-order valence-corrected chi connectivity index (χ1v) is 5.20. The van der Waals surface area contributed by atoms with Gasteiger partial charge in [-0.3, -0.25) is 4.79 Å². The van der Waals surface area contributed by atoms with Crippen molar-refractivity contribution < 1.29 is 4.79 Å². The summed E-state index contributed by atoms with van der Waals surface area (Å²) in [6.45, 7) is 6.06. The summed E-state index contributed by atoms with van der Waals surface area (Å²) in [7, 11) is 0. The lowest BCUT2D eigenvalue weighted by atomic mass is 9.96. The summed E-state index contributed by atoms with van der Waals surface area (Å²) in [5.74, 6) is 0.151. The molecule has 0 aliphatic rings. The Bertz CT molecular complexity index is 218. The standard InChI is InChI=1S/C12H21NO/c1-4-5-6-7-8-10(2)9-11(3)12(13)14/h5-8,10-11H,4,9H2,1-3H3,(H2,13,14). The molecule has 1 amide bonds. The van der Waals surface area contributed by atoms with Crippen molar-refractivity contribution in [3.8, 4) is 0 Å². The largest absolute Gasteiger partial charge is 0.369 e. The van der Waals surface area contributed by atoms with Crippen molar-refractivity contribution in [2.24, 2.45) is 17.6 Å². The van der Waals surface area contributed by atoms with Crippen LogP contribution in [0, 0.1) is 11.8 Å². The van der Waals surface area contributed by atoms with Crippen LogP contribution < -0.4 is 5.73 Å². The van der Waals surface area contributed by atoms with E-state index in [2.05, 4.69) is 26.0 Å². The third-order valence-corrected chi connectivity index (χ3v) is 2.13. The minimum absolute atomic E-state index is 0.0372. The molecule has 2 heteroatoms. The van der Waals surface area contributed by atoms with Crippen LogP contribution in [0.15, 0.2) is 24.3 Å². The van der Waals surface area contributed by atoms with Crippen LogP contribution in [-0.4, -0.2) is 5.91 Å². The molecule has 0 aromatic rings. The van der Waals surface area contributed by atoms with Gasteiger partial charge in [-0.25, -0.2) is 0 Å². The molecule has 2 unspecified atom stereocenters. The number of rotatable bonds is 6. The zero-order valence-electron chi connectivity index (χ0n) is 9.36. The molecule has 2 atom stereocenters. The first kappa shape index (κ1) is 12.9. The van der Waals surface area contributed by atoms with Crippen molar-refractivity contribution in [3.63, 3.8) is 0 Å². The van der Waals surface area contributed by atoms with Crippen molar-refractivity contribution in [2.75, 3.05) is 0 Å². The van der Waals surface area contributed by atoms with Crippen LogP contribution in [0.1, 0.15) is 33.6 Å². The highest BCUT2D eigenvalue weighted by molar-refractivity contribution is 5.76. The fourth-order valence-corrected chi connectivity index (χ4v) is 1.22. The highest BCUT2D eigenvalue weighted by atomic mass is 16.1. The average Bonchev–Trinajstić information content (AvgIpc) is 2.12. The first-order chi connectivity index (χ1) is 6.57. The van der Waals surface area contributed by atoms with E-state index in [9.17, 15) is 4.79 Å². The Morgan fingerprint density at radius 2 is 2.00 bits per heavy atom. The SMILES string of the molecule is CCC=CC=CC(C)CC(C)C(N)=O. The number of carbonyl (C=O) groups excluding carboxylic acids is 1. The minimum atomic E-state index is -0.214. The number of primary amides is 1. The Balaban J connectivity index is 3.85. The van der Waals surface area contributed by atoms with E-state index in [1.165, 1.54) is 0 Å². The molecule has 0 aromatic heterocycles. The zero-order valence-corrected chi connectivity index (χ0v) is 9.36. The van der Waals surface area contributed by atoms with Gasteiger partial charge < -0.3 is 5.73 Å². The van der Waals surface area contributed by atoms with Gasteiger partial charge in [0.1, 0.15) is 0 Å². The quantitative estimate of drug-likeness (QED) is 0.650. The molecule has 14 heavy (non-hydrogen) atoms. The van der Waals surface area contributed by atoms with Crippen molar-refractivity contribution in [3.05, 3.63) is 24.3 Å². The molecule has 0 rings (SSSR count). The van der Waals surface area contributed by atoms with Crippen LogP contribution in [0.2, 0.25) is 0 Å². The summed E-state index contributed by atoms with van der Waals surface area (Å²) in [5, 5.41) is 0. The van der Waals surface area contributed by atoms with E-state index in [4.69, 9.17) is 5.73 Å². The van der Waals surface area contributed by atoms with Gasteiger partial charge in [0.15, 0.2) is 0 Å². The van der Waals surface area contributed by atoms with Crippen molar-refractivity contribution in [2.45, 2.75) is 33.6 Å². The maximum Gasteiger partial charge on any atom is 0.220 e. The lowest BCUT2D eigenvalue weighted by Gasteiger charge is -2.10. The van der Waals surface area contributed by atoms with Gasteiger partial charge in [0.25, 0.3) is 0 Å². The highest BCUT2D eigenvalue weighted by Gasteiger charge is 2.10. The van der Waals surface area contributed by atoms with Crippen LogP contribution in [0.3, 0.4) is 0 Å². The Morgan fingerprint density at radius 1 is 1.36 bits per heavy atom. The summed E-state index contributed by atoms with van der Waals surface area (Å²) >= 11 is 0. The fourth-order valence-electron chi connectivity index (χ4n) is 1.22. The van der Waals surface area contributed by atoms with E-state index in [1.807, 2.05) is 19.1 Å². The third kappa shape index (κ3) is 6.46.